The van der Waals surface area contributed by atoms with Crippen molar-refractivity contribution in [1.82, 2.24) is 26.6 Å². The fraction of sp³-hybridized carbons (Fsp3) is 0.643. The van der Waals surface area contributed by atoms with Crippen molar-refractivity contribution < 1.29 is 43.8 Å². The number of phenolic OH excluding ortho intramolecular Hbond substituents is 1. The summed E-state index contributed by atoms with van der Waals surface area (Å²) in [5.41, 5.74) is 18.1. The van der Waals surface area contributed by atoms with Gasteiger partial charge in [-0.05, 0) is 107 Å². The first kappa shape index (κ1) is 50.3. The number of carbonyl (C=O) groups excluding carboxylic acids is 6. The minimum atomic E-state index is -1.25. The highest BCUT2D eigenvalue weighted by Gasteiger charge is 2.35. The number of carbonyl (C=O) groups is 7. The van der Waals surface area contributed by atoms with E-state index in [1.165, 1.54) is 12.1 Å². The molecule has 2 rings (SSSR count). The lowest BCUT2D eigenvalue weighted by Crippen LogP contribution is -2.58. The van der Waals surface area contributed by atoms with Crippen molar-refractivity contribution in [2.45, 2.75) is 141 Å². The van der Waals surface area contributed by atoms with Gasteiger partial charge in [-0.2, -0.15) is 0 Å². The number of aliphatic carboxylic acids is 1. The molecule has 13 N–H and O–H groups in total. The molecule has 59 heavy (non-hydrogen) atoms. The molecular weight excluding hydrogens is 761 g/mol. The van der Waals surface area contributed by atoms with E-state index in [9.17, 15) is 43.8 Å². The Morgan fingerprint density at radius 1 is 0.814 bits per heavy atom. The van der Waals surface area contributed by atoms with Crippen molar-refractivity contribution in [2.24, 2.45) is 35.0 Å². The van der Waals surface area contributed by atoms with Crippen LogP contribution in [0.25, 0.3) is 0 Å². The quantitative estimate of drug-likeness (QED) is 0.0580. The predicted molar refractivity (Wildman–Crippen MR) is 223 cm³/mol. The van der Waals surface area contributed by atoms with Gasteiger partial charge in [0.1, 0.15) is 29.9 Å². The first-order chi connectivity index (χ1) is 28.0. The largest absolute Gasteiger partial charge is 0.508 e. The van der Waals surface area contributed by atoms with Gasteiger partial charge < -0.3 is 54.0 Å². The first-order valence-electron chi connectivity index (χ1n) is 20.9. The molecule has 0 radical (unpaired) electrons. The Kier molecular flexibility index (Phi) is 22.4. The van der Waals surface area contributed by atoms with Gasteiger partial charge in [-0.3, -0.25) is 28.8 Å². The Morgan fingerprint density at radius 3 is 1.92 bits per heavy atom. The number of nitrogens with one attached hydrogen (secondary N) is 5. The van der Waals surface area contributed by atoms with Crippen molar-refractivity contribution in [3.05, 3.63) is 42.0 Å². The van der Waals surface area contributed by atoms with Gasteiger partial charge in [0.15, 0.2) is 5.78 Å². The van der Waals surface area contributed by atoms with Crippen LogP contribution < -0.4 is 43.8 Å². The molecule has 1 aliphatic heterocycles. The summed E-state index contributed by atoms with van der Waals surface area (Å²) in [7, 11) is 0. The molecule has 1 heterocycles. The van der Waals surface area contributed by atoms with Crippen LogP contribution in [0.15, 0.2) is 36.4 Å². The topological polar surface area (TPSA) is 298 Å². The number of nitrogens with two attached hydrogens (primary N) is 3. The van der Waals surface area contributed by atoms with Gasteiger partial charge >= 0.3 is 5.97 Å². The highest BCUT2D eigenvalue weighted by molar-refractivity contribution is 5.97. The van der Waals surface area contributed by atoms with Crippen LogP contribution in [0.1, 0.15) is 104 Å². The number of amides is 5. The molecule has 0 bridgehead atoms. The second-order valence-electron chi connectivity index (χ2n) is 15.9. The van der Waals surface area contributed by atoms with E-state index in [1.807, 2.05) is 20.8 Å². The Morgan fingerprint density at radius 2 is 1.37 bits per heavy atom. The second kappa shape index (κ2) is 26.3. The number of ketones is 1. The standard InChI is InChI=1S/C42H68N8O9/c1-5-26(4)36(42(58)59)50-37(53)28(22-25(2)3)24-35(52)34(23-27-16-18-29(51)19-17-27)49-41(57)32-13-7-6-12-30(45)38(54)46-31(14-8-10-20-43)39(55)48-33(40(56)47-32)15-9-11-21-44/h6-7,16-19,25-26,28,30-34,36,51H,5,8-15,20-24,43-45H2,1-4H3,(H,46,54)(H,47,56)(H,48,55)(H,49,57)(H,50,53)(H,58,59)/t26?,28-,30+,31+,32+,33+,34+,36+/m1/s1. The Hall–Kier alpha value is -4.87. The van der Waals surface area contributed by atoms with E-state index in [1.54, 1.807) is 31.2 Å². The summed E-state index contributed by atoms with van der Waals surface area (Å²) < 4.78 is 0. The number of hydrogen-bond acceptors (Lipinski definition) is 11. The Labute approximate surface area is 347 Å². The van der Waals surface area contributed by atoms with Crippen LogP contribution in [0.4, 0.5) is 0 Å². The lowest BCUT2D eigenvalue weighted by molar-refractivity contribution is -0.144. The Bertz CT molecular complexity index is 1570. The lowest BCUT2D eigenvalue weighted by Gasteiger charge is -2.28. The van der Waals surface area contributed by atoms with Gasteiger partial charge in [0, 0.05) is 12.3 Å². The van der Waals surface area contributed by atoms with Crippen molar-refractivity contribution in [1.29, 1.82) is 0 Å². The van der Waals surface area contributed by atoms with Crippen molar-refractivity contribution in [2.75, 3.05) is 13.1 Å². The minimum Gasteiger partial charge on any atom is -0.508 e. The smallest absolute Gasteiger partial charge is 0.326 e. The number of rotatable bonds is 22. The number of phenols is 1. The third kappa shape index (κ3) is 17.9. The summed E-state index contributed by atoms with van der Waals surface area (Å²) in [6.07, 6.45) is 6.21. The molecule has 0 aromatic heterocycles. The van der Waals surface area contributed by atoms with E-state index in [2.05, 4.69) is 26.6 Å². The summed E-state index contributed by atoms with van der Waals surface area (Å²) in [5.74, 6) is -6.16. The molecule has 330 valence electrons. The zero-order valence-corrected chi connectivity index (χ0v) is 35.0. The summed E-state index contributed by atoms with van der Waals surface area (Å²) >= 11 is 0. The molecule has 0 spiro atoms. The number of hydrogen-bond donors (Lipinski definition) is 10. The van der Waals surface area contributed by atoms with Gasteiger partial charge in [0.2, 0.25) is 29.5 Å². The van der Waals surface area contributed by atoms with Crippen LogP contribution in [0.5, 0.6) is 5.75 Å². The fourth-order valence-corrected chi connectivity index (χ4v) is 6.74. The fourth-order valence-electron chi connectivity index (χ4n) is 6.74. The van der Waals surface area contributed by atoms with Crippen LogP contribution in [0.2, 0.25) is 0 Å². The zero-order valence-electron chi connectivity index (χ0n) is 35.0. The minimum absolute atomic E-state index is 0.00923. The van der Waals surface area contributed by atoms with Crippen LogP contribution in [-0.4, -0.2) is 101 Å². The SMILES string of the molecule is CCC(C)[C@H](NC(=O)[C@@H](CC(=O)[C@H](Cc1ccc(O)cc1)NC(=O)[C@@H]1CC=CC[C@H](N)C(=O)N[C@@H](CCCCN)C(=O)N[C@@H](CCCCN)C(=O)N1)CC(C)C)C(=O)O. The van der Waals surface area contributed by atoms with E-state index in [0.29, 0.717) is 50.8 Å². The normalized spacial score (nSPS) is 21.2. The van der Waals surface area contributed by atoms with E-state index < -0.39 is 83.5 Å². The molecule has 8 atom stereocenters. The Balaban J connectivity index is 2.50. The van der Waals surface area contributed by atoms with Crippen LogP contribution >= 0.6 is 0 Å². The third-order valence-corrected chi connectivity index (χ3v) is 10.5. The maximum atomic E-state index is 14.2. The number of Topliss-reactive ketones (excluding diaryl/α,β-unsaturated/α-hetero) is 1. The molecule has 5 amide bonds. The number of carboxylic acids is 1. The molecule has 17 heteroatoms. The molecule has 0 saturated heterocycles. The van der Waals surface area contributed by atoms with Crippen molar-refractivity contribution in [3.8, 4) is 5.75 Å². The van der Waals surface area contributed by atoms with Crippen LogP contribution in [0.3, 0.4) is 0 Å². The average molecular weight is 829 g/mol. The number of benzene rings is 1. The highest BCUT2D eigenvalue weighted by atomic mass is 16.4. The van der Waals surface area contributed by atoms with Crippen LogP contribution in [0, 0.1) is 17.8 Å². The molecular formula is C42H68N8O9. The first-order valence-corrected chi connectivity index (χ1v) is 20.9. The van der Waals surface area contributed by atoms with E-state index in [0.717, 1.165) is 0 Å². The molecule has 0 aliphatic carbocycles. The van der Waals surface area contributed by atoms with Crippen LogP contribution in [-0.2, 0) is 40.0 Å². The summed E-state index contributed by atoms with van der Waals surface area (Å²) in [6.45, 7) is 8.02. The molecule has 17 nitrogen and oxygen atoms in total. The second-order valence-corrected chi connectivity index (χ2v) is 15.9. The number of aromatic hydroxyl groups is 1. The van der Waals surface area contributed by atoms with Gasteiger partial charge in [-0.25, -0.2) is 4.79 Å². The van der Waals surface area contributed by atoms with E-state index in [4.69, 9.17) is 17.2 Å². The zero-order chi connectivity index (χ0) is 44.1. The van der Waals surface area contributed by atoms with E-state index in [-0.39, 0.29) is 62.5 Å². The highest BCUT2D eigenvalue weighted by Crippen LogP contribution is 2.21. The molecule has 1 unspecified atom stereocenters. The predicted octanol–water partition coefficient (Wildman–Crippen LogP) is 1.05. The summed E-state index contributed by atoms with van der Waals surface area (Å²) in [6, 6.07) is -0.680. The molecule has 1 aromatic rings. The summed E-state index contributed by atoms with van der Waals surface area (Å²) in [4.78, 5) is 94.6. The maximum absolute atomic E-state index is 14.2. The molecule has 0 fully saturated rings. The van der Waals surface area contributed by atoms with Gasteiger partial charge in [0.05, 0.1) is 12.1 Å². The number of unbranched alkanes of at least 4 members (excludes halogenated alkanes) is 2. The number of carboxylic acid groups (broad SMARTS) is 1. The van der Waals surface area contributed by atoms with Gasteiger partial charge in [-0.15, -0.1) is 0 Å². The molecule has 1 aliphatic rings. The monoisotopic (exact) mass is 829 g/mol. The third-order valence-electron chi connectivity index (χ3n) is 10.5. The average Bonchev–Trinajstić information content (AvgIpc) is 3.19. The lowest BCUT2D eigenvalue weighted by atomic mass is 9.87. The van der Waals surface area contributed by atoms with Crippen molar-refractivity contribution in [3.63, 3.8) is 0 Å². The molecule has 0 saturated carbocycles. The van der Waals surface area contributed by atoms with Crippen molar-refractivity contribution >= 4 is 41.3 Å². The maximum Gasteiger partial charge on any atom is 0.326 e. The van der Waals surface area contributed by atoms with Gasteiger partial charge in [0.25, 0.3) is 0 Å². The van der Waals surface area contributed by atoms with Gasteiger partial charge in [-0.1, -0.05) is 58.4 Å². The summed E-state index contributed by atoms with van der Waals surface area (Å²) in [5, 5.41) is 33.4. The van der Waals surface area contributed by atoms with E-state index >= 15 is 0 Å². The molecule has 1 aromatic carbocycles.